The van der Waals surface area contributed by atoms with Gasteiger partial charge < -0.3 is 15.3 Å². The minimum Gasteiger partial charge on any atom is -0.396 e. The lowest BCUT2D eigenvalue weighted by Crippen LogP contribution is -2.48. The van der Waals surface area contributed by atoms with Gasteiger partial charge in [0.2, 0.25) is 5.91 Å². The van der Waals surface area contributed by atoms with E-state index >= 15 is 0 Å². The van der Waals surface area contributed by atoms with E-state index in [1.165, 1.54) is 0 Å². The quantitative estimate of drug-likeness (QED) is 0.670. The Labute approximate surface area is 85.3 Å². The normalized spacial score (nSPS) is 23.3. The van der Waals surface area contributed by atoms with Crippen molar-refractivity contribution in [2.45, 2.75) is 38.3 Å². The molecule has 0 aromatic heterocycles. The van der Waals surface area contributed by atoms with Crippen molar-refractivity contribution >= 4 is 5.91 Å². The summed E-state index contributed by atoms with van der Waals surface area (Å²) in [5.41, 5.74) is -0.225. The van der Waals surface area contributed by atoms with Crippen LogP contribution in [0.2, 0.25) is 0 Å². The standard InChI is InChI=1S/C10H20N2O2/c1-10(2,5-7-13)12-6-4-8(11-3)9(12)14/h8,11,13H,4-7H2,1-3H3. The van der Waals surface area contributed by atoms with E-state index in [0.717, 1.165) is 13.0 Å². The van der Waals surface area contributed by atoms with Gasteiger partial charge in [-0.05, 0) is 33.7 Å². The van der Waals surface area contributed by atoms with Crippen LogP contribution in [-0.4, -0.2) is 47.7 Å². The Hall–Kier alpha value is -0.610. The number of aliphatic hydroxyl groups excluding tert-OH is 1. The van der Waals surface area contributed by atoms with Gasteiger partial charge >= 0.3 is 0 Å². The van der Waals surface area contributed by atoms with E-state index in [0.29, 0.717) is 6.42 Å². The minimum atomic E-state index is -0.225. The van der Waals surface area contributed by atoms with Gasteiger partial charge in [-0.15, -0.1) is 0 Å². The molecular weight excluding hydrogens is 180 g/mol. The summed E-state index contributed by atoms with van der Waals surface area (Å²) in [6.45, 7) is 4.91. The molecule has 1 saturated heterocycles. The van der Waals surface area contributed by atoms with Crippen LogP contribution < -0.4 is 5.32 Å². The summed E-state index contributed by atoms with van der Waals surface area (Å²) >= 11 is 0. The minimum absolute atomic E-state index is 0.0343. The average Bonchev–Trinajstić information content (AvgIpc) is 2.47. The molecule has 0 aliphatic carbocycles. The van der Waals surface area contributed by atoms with Gasteiger partial charge in [0.25, 0.3) is 0 Å². The van der Waals surface area contributed by atoms with Crippen LogP contribution in [0.3, 0.4) is 0 Å². The fraction of sp³-hybridized carbons (Fsp3) is 0.900. The molecule has 4 nitrogen and oxygen atoms in total. The number of amides is 1. The summed E-state index contributed by atoms with van der Waals surface area (Å²) in [6.07, 6.45) is 1.50. The van der Waals surface area contributed by atoms with Gasteiger partial charge in [0.05, 0.1) is 6.04 Å². The Morgan fingerprint density at radius 1 is 1.64 bits per heavy atom. The fourth-order valence-electron chi connectivity index (χ4n) is 1.96. The highest BCUT2D eigenvalue weighted by Crippen LogP contribution is 2.24. The molecule has 14 heavy (non-hydrogen) atoms. The molecule has 1 atom stereocenters. The second kappa shape index (κ2) is 4.28. The highest BCUT2D eigenvalue weighted by atomic mass is 16.3. The number of likely N-dealkylation sites (N-methyl/N-ethyl adjacent to an activating group) is 1. The smallest absolute Gasteiger partial charge is 0.240 e. The van der Waals surface area contributed by atoms with Crippen LogP contribution in [0.4, 0.5) is 0 Å². The fourth-order valence-corrected chi connectivity index (χ4v) is 1.96. The van der Waals surface area contributed by atoms with Crippen molar-refractivity contribution in [1.29, 1.82) is 0 Å². The van der Waals surface area contributed by atoms with Gasteiger partial charge in [0.15, 0.2) is 0 Å². The van der Waals surface area contributed by atoms with E-state index < -0.39 is 0 Å². The summed E-state index contributed by atoms with van der Waals surface area (Å²) in [5, 5.41) is 11.9. The third-order valence-corrected chi connectivity index (χ3v) is 3.01. The van der Waals surface area contributed by atoms with Crippen molar-refractivity contribution < 1.29 is 9.90 Å². The van der Waals surface area contributed by atoms with Crippen LogP contribution in [0, 0.1) is 0 Å². The Bertz CT molecular complexity index is 216. The van der Waals surface area contributed by atoms with Crippen molar-refractivity contribution in [3.63, 3.8) is 0 Å². The number of carbonyl (C=O) groups excluding carboxylic acids is 1. The summed E-state index contributed by atoms with van der Waals surface area (Å²) in [6, 6.07) is -0.0343. The number of likely N-dealkylation sites (tertiary alicyclic amines) is 1. The van der Waals surface area contributed by atoms with Gasteiger partial charge in [-0.1, -0.05) is 0 Å². The summed E-state index contributed by atoms with van der Waals surface area (Å²) in [4.78, 5) is 13.7. The average molecular weight is 200 g/mol. The van der Waals surface area contributed by atoms with E-state index in [1.54, 1.807) is 0 Å². The van der Waals surface area contributed by atoms with Crippen LogP contribution in [-0.2, 0) is 4.79 Å². The van der Waals surface area contributed by atoms with Crippen LogP contribution in [0.1, 0.15) is 26.7 Å². The van der Waals surface area contributed by atoms with Gasteiger partial charge in [-0.3, -0.25) is 4.79 Å². The van der Waals surface area contributed by atoms with E-state index in [-0.39, 0.29) is 24.1 Å². The third-order valence-electron chi connectivity index (χ3n) is 3.01. The molecule has 1 unspecified atom stereocenters. The molecule has 1 rings (SSSR count). The zero-order chi connectivity index (χ0) is 10.8. The maximum atomic E-state index is 11.8. The maximum Gasteiger partial charge on any atom is 0.240 e. The molecule has 0 radical (unpaired) electrons. The van der Waals surface area contributed by atoms with Crippen molar-refractivity contribution in [2.75, 3.05) is 20.2 Å². The first-order valence-electron chi connectivity index (χ1n) is 5.12. The number of hydrogen-bond acceptors (Lipinski definition) is 3. The van der Waals surface area contributed by atoms with E-state index in [4.69, 9.17) is 5.11 Å². The number of nitrogens with zero attached hydrogens (tertiary/aromatic N) is 1. The van der Waals surface area contributed by atoms with E-state index in [9.17, 15) is 4.79 Å². The summed E-state index contributed by atoms with van der Waals surface area (Å²) < 4.78 is 0. The zero-order valence-corrected chi connectivity index (χ0v) is 9.21. The Balaban J connectivity index is 2.66. The number of nitrogens with one attached hydrogen (secondary N) is 1. The van der Waals surface area contributed by atoms with E-state index in [2.05, 4.69) is 5.32 Å². The number of aliphatic hydroxyl groups is 1. The molecule has 1 heterocycles. The van der Waals surface area contributed by atoms with Crippen LogP contribution in [0.15, 0.2) is 0 Å². The molecule has 0 aromatic carbocycles. The SMILES string of the molecule is CNC1CCN(C(C)(C)CCO)C1=O. The monoisotopic (exact) mass is 200 g/mol. The van der Waals surface area contributed by atoms with Gasteiger partial charge in [0.1, 0.15) is 0 Å². The molecule has 1 fully saturated rings. The predicted octanol–water partition coefficient (Wildman–Crippen LogP) is -0.0323. The Morgan fingerprint density at radius 2 is 2.29 bits per heavy atom. The lowest BCUT2D eigenvalue weighted by atomic mass is 9.99. The first kappa shape index (κ1) is 11.5. The zero-order valence-electron chi connectivity index (χ0n) is 9.21. The van der Waals surface area contributed by atoms with E-state index in [1.807, 2.05) is 25.8 Å². The lowest BCUT2D eigenvalue weighted by molar-refractivity contribution is -0.134. The first-order valence-corrected chi connectivity index (χ1v) is 5.12. The Morgan fingerprint density at radius 3 is 2.71 bits per heavy atom. The largest absolute Gasteiger partial charge is 0.396 e. The highest BCUT2D eigenvalue weighted by Gasteiger charge is 2.38. The van der Waals surface area contributed by atoms with Crippen molar-refractivity contribution in [3.05, 3.63) is 0 Å². The van der Waals surface area contributed by atoms with Crippen LogP contribution in [0.5, 0.6) is 0 Å². The molecular formula is C10H20N2O2. The van der Waals surface area contributed by atoms with Crippen molar-refractivity contribution in [3.8, 4) is 0 Å². The lowest BCUT2D eigenvalue weighted by Gasteiger charge is -2.35. The first-order chi connectivity index (χ1) is 6.53. The van der Waals surface area contributed by atoms with Crippen LogP contribution >= 0.6 is 0 Å². The molecule has 1 aliphatic rings. The molecule has 2 N–H and O–H groups in total. The highest BCUT2D eigenvalue weighted by molar-refractivity contribution is 5.84. The topological polar surface area (TPSA) is 52.6 Å². The maximum absolute atomic E-state index is 11.8. The summed E-state index contributed by atoms with van der Waals surface area (Å²) in [5.74, 6) is 0.158. The van der Waals surface area contributed by atoms with Crippen molar-refractivity contribution in [1.82, 2.24) is 10.2 Å². The van der Waals surface area contributed by atoms with Crippen LogP contribution in [0.25, 0.3) is 0 Å². The van der Waals surface area contributed by atoms with Gasteiger partial charge in [0, 0.05) is 18.7 Å². The predicted molar refractivity (Wildman–Crippen MR) is 55.0 cm³/mol. The molecule has 4 heteroatoms. The molecule has 0 saturated carbocycles. The molecule has 0 bridgehead atoms. The Kier molecular flexibility index (Phi) is 3.50. The number of hydrogen-bond donors (Lipinski definition) is 2. The third kappa shape index (κ3) is 2.07. The van der Waals surface area contributed by atoms with Gasteiger partial charge in [-0.2, -0.15) is 0 Å². The molecule has 0 aromatic rings. The number of carbonyl (C=O) groups is 1. The van der Waals surface area contributed by atoms with Crippen molar-refractivity contribution in [2.24, 2.45) is 0 Å². The molecule has 0 spiro atoms. The second-order valence-corrected chi connectivity index (χ2v) is 4.41. The summed E-state index contributed by atoms with van der Waals surface area (Å²) in [7, 11) is 1.81. The molecule has 82 valence electrons. The van der Waals surface area contributed by atoms with Gasteiger partial charge in [-0.25, -0.2) is 0 Å². The molecule has 1 amide bonds. The second-order valence-electron chi connectivity index (χ2n) is 4.41. The molecule has 1 aliphatic heterocycles. The number of rotatable bonds is 4.